The summed E-state index contributed by atoms with van der Waals surface area (Å²) >= 11 is 0. The van der Waals surface area contributed by atoms with Crippen molar-refractivity contribution in [2.24, 2.45) is 10.9 Å². The third-order valence-corrected chi connectivity index (χ3v) is 4.49. The van der Waals surface area contributed by atoms with Crippen molar-refractivity contribution in [2.75, 3.05) is 32.7 Å². The van der Waals surface area contributed by atoms with E-state index in [9.17, 15) is 4.79 Å². The van der Waals surface area contributed by atoms with Crippen LogP contribution in [0.2, 0.25) is 0 Å². The van der Waals surface area contributed by atoms with Crippen LogP contribution in [0, 0.1) is 5.92 Å². The molecule has 1 rings (SSSR count). The number of rotatable bonds is 10. The van der Waals surface area contributed by atoms with E-state index in [1.165, 1.54) is 25.7 Å². The van der Waals surface area contributed by atoms with Crippen molar-refractivity contribution in [3.63, 3.8) is 0 Å². The Labute approximate surface area is 165 Å². The summed E-state index contributed by atoms with van der Waals surface area (Å²) in [5.74, 6) is 1.77. The Bertz CT molecular complexity index is 357. The Hall–Kier alpha value is -0.530. The minimum absolute atomic E-state index is 0. The molecule has 0 radical (unpaired) electrons. The summed E-state index contributed by atoms with van der Waals surface area (Å²) in [6.45, 7) is 10.8. The molecular formula is C18H37IN4O. The highest BCUT2D eigenvalue weighted by molar-refractivity contribution is 14.0. The van der Waals surface area contributed by atoms with E-state index >= 15 is 0 Å². The van der Waals surface area contributed by atoms with E-state index in [0.29, 0.717) is 18.9 Å². The Morgan fingerprint density at radius 1 is 1.17 bits per heavy atom. The molecule has 1 amide bonds. The zero-order chi connectivity index (χ0) is 16.9. The summed E-state index contributed by atoms with van der Waals surface area (Å²) in [6.07, 6.45) is 7.81. The number of aliphatic imine (C=N–C) groups is 1. The summed E-state index contributed by atoms with van der Waals surface area (Å²) in [5.41, 5.74) is 0. The monoisotopic (exact) mass is 452 g/mol. The smallest absolute Gasteiger partial charge is 0.224 e. The molecule has 142 valence electrons. The van der Waals surface area contributed by atoms with Gasteiger partial charge in [0.25, 0.3) is 0 Å². The molecule has 24 heavy (non-hydrogen) atoms. The lowest BCUT2D eigenvalue weighted by atomic mass is 10.00. The molecule has 1 unspecified atom stereocenters. The molecule has 0 spiro atoms. The molecule has 1 aliphatic heterocycles. The van der Waals surface area contributed by atoms with Gasteiger partial charge in [0.2, 0.25) is 5.91 Å². The number of halogens is 1. The Morgan fingerprint density at radius 2 is 1.88 bits per heavy atom. The molecule has 6 heteroatoms. The topological polar surface area (TPSA) is 56.7 Å². The van der Waals surface area contributed by atoms with Crippen molar-refractivity contribution in [2.45, 2.75) is 65.7 Å². The van der Waals surface area contributed by atoms with Gasteiger partial charge in [0.15, 0.2) is 5.96 Å². The van der Waals surface area contributed by atoms with E-state index in [0.717, 1.165) is 45.0 Å². The summed E-state index contributed by atoms with van der Waals surface area (Å²) in [5, 5.41) is 6.58. The zero-order valence-corrected chi connectivity index (χ0v) is 18.1. The molecule has 1 aliphatic rings. The van der Waals surface area contributed by atoms with Crippen LogP contribution in [-0.2, 0) is 4.79 Å². The van der Waals surface area contributed by atoms with Crippen molar-refractivity contribution in [3.8, 4) is 0 Å². The van der Waals surface area contributed by atoms with E-state index < -0.39 is 0 Å². The Morgan fingerprint density at radius 3 is 2.46 bits per heavy atom. The third kappa shape index (κ3) is 9.69. The molecule has 1 saturated heterocycles. The first kappa shape index (κ1) is 23.5. The number of nitrogens with one attached hydrogen (secondary N) is 2. The highest BCUT2D eigenvalue weighted by Gasteiger charge is 2.17. The second-order valence-electron chi connectivity index (χ2n) is 6.40. The lowest BCUT2D eigenvalue weighted by Gasteiger charge is -2.17. The van der Waals surface area contributed by atoms with Gasteiger partial charge in [0.1, 0.15) is 0 Å². The molecule has 0 saturated carbocycles. The highest BCUT2D eigenvalue weighted by Crippen LogP contribution is 2.12. The normalized spacial score (nSPS) is 15.8. The molecule has 2 N–H and O–H groups in total. The summed E-state index contributed by atoms with van der Waals surface area (Å²) in [7, 11) is 0. The van der Waals surface area contributed by atoms with Crippen LogP contribution >= 0.6 is 24.0 Å². The number of carbonyl (C=O) groups excluding carboxylic acids is 1. The van der Waals surface area contributed by atoms with Gasteiger partial charge >= 0.3 is 0 Å². The first-order valence-corrected chi connectivity index (χ1v) is 9.51. The fourth-order valence-electron chi connectivity index (χ4n) is 2.89. The van der Waals surface area contributed by atoms with Crippen LogP contribution in [0.1, 0.15) is 65.7 Å². The standard InChI is InChI=1S/C18H36N4O.HI/c1-4-7-10-16(5-2)15-21-18(19-6-3)20-12-11-17(23)22-13-8-9-14-22;/h16H,4-15H2,1-3H3,(H2,19,20,21);1H. The predicted molar refractivity (Wildman–Crippen MR) is 113 cm³/mol. The first-order chi connectivity index (χ1) is 11.2. The number of nitrogens with zero attached hydrogens (tertiary/aromatic N) is 2. The Kier molecular flexibility index (Phi) is 14.5. The lowest BCUT2D eigenvalue weighted by molar-refractivity contribution is -0.129. The third-order valence-electron chi connectivity index (χ3n) is 4.49. The number of carbonyl (C=O) groups is 1. The van der Waals surface area contributed by atoms with Crippen molar-refractivity contribution < 1.29 is 4.79 Å². The van der Waals surface area contributed by atoms with Crippen molar-refractivity contribution in [1.29, 1.82) is 0 Å². The van der Waals surface area contributed by atoms with E-state index in [1.807, 2.05) is 4.90 Å². The van der Waals surface area contributed by atoms with Crippen molar-refractivity contribution in [3.05, 3.63) is 0 Å². The minimum atomic E-state index is 0. The molecule has 5 nitrogen and oxygen atoms in total. The van der Waals surface area contributed by atoms with Gasteiger partial charge in [0.05, 0.1) is 0 Å². The first-order valence-electron chi connectivity index (χ1n) is 9.51. The zero-order valence-electron chi connectivity index (χ0n) is 15.8. The minimum Gasteiger partial charge on any atom is -0.357 e. The number of likely N-dealkylation sites (tertiary alicyclic amines) is 1. The van der Waals surface area contributed by atoms with Gasteiger partial charge in [-0.3, -0.25) is 9.79 Å². The van der Waals surface area contributed by atoms with Crippen LogP contribution < -0.4 is 10.6 Å². The summed E-state index contributed by atoms with van der Waals surface area (Å²) in [4.78, 5) is 18.7. The predicted octanol–water partition coefficient (Wildman–Crippen LogP) is 3.39. The van der Waals surface area contributed by atoms with Crippen LogP contribution in [0.15, 0.2) is 4.99 Å². The molecule has 0 bridgehead atoms. The van der Waals surface area contributed by atoms with Gasteiger partial charge in [0, 0.05) is 39.1 Å². The maximum Gasteiger partial charge on any atom is 0.224 e. The van der Waals surface area contributed by atoms with Gasteiger partial charge in [-0.05, 0) is 32.1 Å². The summed E-state index contributed by atoms with van der Waals surface area (Å²) < 4.78 is 0. The van der Waals surface area contributed by atoms with Gasteiger partial charge in [-0.15, -0.1) is 24.0 Å². The number of hydrogen-bond acceptors (Lipinski definition) is 2. The lowest BCUT2D eigenvalue weighted by Crippen LogP contribution is -2.40. The fourth-order valence-corrected chi connectivity index (χ4v) is 2.89. The molecule has 0 aromatic rings. The van der Waals surface area contributed by atoms with Crippen LogP contribution in [-0.4, -0.2) is 49.5 Å². The largest absolute Gasteiger partial charge is 0.357 e. The number of amides is 1. The van der Waals surface area contributed by atoms with E-state index in [2.05, 4.69) is 31.4 Å². The molecule has 1 fully saturated rings. The quantitative estimate of drug-likeness (QED) is 0.304. The number of guanidine groups is 1. The molecule has 1 atom stereocenters. The maximum atomic E-state index is 12.0. The fraction of sp³-hybridized carbons (Fsp3) is 0.889. The van der Waals surface area contributed by atoms with E-state index in [-0.39, 0.29) is 29.9 Å². The van der Waals surface area contributed by atoms with Crippen LogP contribution in [0.5, 0.6) is 0 Å². The van der Waals surface area contributed by atoms with Crippen LogP contribution in [0.4, 0.5) is 0 Å². The van der Waals surface area contributed by atoms with Gasteiger partial charge in [-0.2, -0.15) is 0 Å². The number of hydrogen-bond donors (Lipinski definition) is 2. The van der Waals surface area contributed by atoms with Crippen molar-refractivity contribution >= 4 is 35.8 Å². The Balaban J connectivity index is 0.00000529. The summed E-state index contributed by atoms with van der Waals surface area (Å²) in [6, 6.07) is 0. The van der Waals surface area contributed by atoms with Gasteiger partial charge < -0.3 is 15.5 Å². The molecular weight excluding hydrogens is 415 g/mol. The van der Waals surface area contributed by atoms with Crippen molar-refractivity contribution in [1.82, 2.24) is 15.5 Å². The van der Waals surface area contributed by atoms with Gasteiger partial charge in [-0.1, -0.05) is 33.1 Å². The van der Waals surface area contributed by atoms with E-state index in [4.69, 9.17) is 4.99 Å². The SMILES string of the molecule is CCCCC(CC)CN=C(NCC)NCCC(=O)N1CCCC1.I. The molecule has 0 aromatic heterocycles. The average molecular weight is 452 g/mol. The van der Waals surface area contributed by atoms with Gasteiger partial charge in [-0.25, -0.2) is 0 Å². The maximum absolute atomic E-state index is 12.0. The highest BCUT2D eigenvalue weighted by atomic mass is 127. The van der Waals surface area contributed by atoms with Crippen LogP contribution in [0.25, 0.3) is 0 Å². The number of unbranched alkanes of at least 4 members (excludes halogenated alkanes) is 1. The van der Waals surface area contributed by atoms with E-state index in [1.54, 1.807) is 0 Å². The molecule has 1 heterocycles. The second-order valence-corrected chi connectivity index (χ2v) is 6.40. The second kappa shape index (κ2) is 14.8. The molecule has 0 aliphatic carbocycles. The molecule has 0 aromatic carbocycles. The van der Waals surface area contributed by atoms with Crippen LogP contribution in [0.3, 0.4) is 0 Å². The average Bonchev–Trinajstić information content (AvgIpc) is 3.09.